The minimum absolute atomic E-state index is 0. The Labute approximate surface area is 245 Å². The Bertz CT molecular complexity index is 1590. The normalized spacial score (nSPS) is 14.0. The summed E-state index contributed by atoms with van der Waals surface area (Å²) >= 11 is 0. The largest absolute Gasteiger partial charge is 0.419 e. The van der Waals surface area contributed by atoms with Gasteiger partial charge in [-0.15, -0.1) is 12.4 Å². The number of alkyl halides is 3. The van der Waals surface area contributed by atoms with Gasteiger partial charge < -0.3 is 10.2 Å². The molecule has 2 aromatic carbocycles. The number of carbonyl (C=O) groups excluding carboxylic acids is 2. The molecule has 222 valence electrons. The molecule has 0 bridgehead atoms. The molecule has 1 saturated heterocycles. The monoisotopic (exact) mass is 605 g/mol. The van der Waals surface area contributed by atoms with Gasteiger partial charge in [-0.1, -0.05) is 30.3 Å². The number of piperazine rings is 1. The number of rotatable bonds is 6. The lowest BCUT2D eigenvalue weighted by atomic mass is 10.1. The van der Waals surface area contributed by atoms with Crippen LogP contribution in [-0.2, 0) is 24.6 Å². The lowest BCUT2D eigenvalue weighted by Crippen LogP contribution is -2.47. The van der Waals surface area contributed by atoms with E-state index in [0.717, 1.165) is 17.5 Å². The highest BCUT2D eigenvalue weighted by Gasteiger charge is 2.35. The van der Waals surface area contributed by atoms with Crippen molar-refractivity contribution in [2.45, 2.75) is 19.6 Å². The first kappa shape index (κ1) is 30.7. The minimum Gasteiger partial charge on any atom is -0.367 e. The Morgan fingerprint density at radius 1 is 1.10 bits per heavy atom. The molecular formula is C28H28ClF4N7O2. The highest BCUT2D eigenvalue weighted by Crippen LogP contribution is 2.38. The van der Waals surface area contributed by atoms with Crippen molar-refractivity contribution in [3.05, 3.63) is 77.4 Å². The zero-order valence-corrected chi connectivity index (χ0v) is 23.5. The van der Waals surface area contributed by atoms with Gasteiger partial charge in [0.2, 0.25) is 6.41 Å². The number of fused-ring (bicyclic) bond motifs is 1. The van der Waals surface area contributed by atoms with E-state index in [9.17, 15) is 27.2 Å². The number of hydrogen-bond acceptors (Lipinski definition) is 6. The third kappa shape index (κ3) is 6.16. The van der Waals surface area contributed by atoms with Gasteiger partial charge in [-0.05, 0) is 30.7 Å². The number of benzene rings is 2. The van der Waals surface area contributed by atoms with Crippen molar-refractivity contribution in [2.75, 3.05) is 41.3 Å². The third-order valence-electron chi connectivity index (χ3n) is 7.02. The van der Waals surface area contributed by atoms with Crippen molar-refractivity contribution in [1.82, 2.24) is 19.7 Å². The number of imide groups is 1. The van der Waals surface area contributed by atoms with Crippen molar-refractivity contribution in [2.24, 2.45) is 7.05 Å². The van der Waals surface area contributed by atoms with E-state index in [1.54, 1.807) is 18.7 Å². The molecule has 9 nitrogen and oxygen atoms in total. The number of nitrogens with zero attached hydrogens (tertiary/aromatic N) is 6. The number of hydrogen-bond donors (Lipinski definition) is 1. The first-order chi connectivity index (χ1) is 19.6. The van der Waals surface area contributed by atoms with Crippen LogP contribution in [-0.4, -0.2) is 58.3 Å². The van der Waals surface area contributed by atoms with Crippen LogP contribution < -0.4 is 15.1 Å². The van der Waals surface area contributed by atoms with Gasteiger partial charge in [-0.3, -0.25) is 14.4 Å². The Balaban J connectivity index is 0.00000405. The topological polar surface area (TPSA) is 86.6 Å². The first-order valence-corrected chi connectivity index (χ1v) is 12.8. The van der Waals surface area contributed by atoms with Crippen LogP contribution >= 0.6 is 12.4 Å². The van der Waals surface area contributed by atoms with E-state index in [4.69, 9.17) is 0 Å². The van der Waals surface area contributed by atoms with E-state index in [1.165, 1.54) is 11.8 Å². The number of aromatic nitrogens is 3. The Kier molecular flexibility index (Phi) is 9.02. The average Bonchev–Trinajstić information content (AvgIpc) is 3.23. The number of anilines is 3. The summed E-state index contributed by atoms with van der Waals surface area (Å²) in [4.78, 5) is 35.1. The van der Waals surface area contributed by atoms with Gasteiger partial charge >= 0.3 is 12.2 Å². The van der Waals surface area contributed by atoms with E-state index >= 15 is 0 Å². The number of halogens is 5. The van der Waals surface area contributed by atoms with Crippen molar-refractivity contribution in [3.63, 3.8) is 0 Å². The summed E-state index contributed by atoms with van der Waals surface area (Å²) in [7, 11) is 1.74. The fourth-order valence-electron chi connectivity index (χ4n) is 5.07. The Morgan fingerprint density at radius 2 is 1.79 bits per heavy atom. The second-order valence-corrected chi connectivity index (χ2v) is 9.75. The van der Waals surface area contributed by atoms with Crippen LogP contribution in [0.4, 0.5) is 39.4 Å². The summed E-state index contributed by atoms with van der Waals surface area (Å²) in [5.74, 6) is -1.47. The van der Waals surface area contributed by atoms with E-state index < -0.39 is 23.6 Å². The number of aryl methyl sites for hydroxylation is 2. The van der Waals surface area contributed by atoms with Crippen molar-refractivity contribution >= 4 is 52.9 Å². The summed E-state index contributed by atoms with van der Waals surface area (Å²) < 4.78 is 55.0. The van der Waals surface area contributed by atoms with E-state index in [1.807, 2.05) is 18.2 Å². The van der Waals surface area contributed by atoms with Crippen LogP contribution in [0.1, 0.15) is 16.8 Å². The molecule has 0 aliphatic carbocycles. The average molecular weight is 606 g/mol. The molecule has 3 heterocycles. The highest BCUT2D eigenvalue weighted by atomic mass is 35.5. The van der Waals surface area contributed by atoms with Crippen LogP contribution in [0.3, 0.4) is 0 Å². The molecule has 4 aromatic rings. The number of nitrogens with one attached hydrogen (secondary N) is 1. The quantitative estimate of drug-likeness (QED) is 0.235. The first-order valence-electron chi connectivity index (χ1n) is 12.8. The SMILES string of the molecule is Cc1nn(C)c2ncc(N(C=O)C(=O)Nc3ccc(F)c(C(F)(F)F)c3)c(N3CCN(Cc4ccccc4)CC3)c12.Cl. The molecule has 1 fully saturated rings. The summed E-state index contributed by atoms with van der Waals surface area (Å²) in [6.45, 7) is 5.15. The molecule has 3 amide bonds. The summed E-state index contributed by atoms with van der Waals surface area (Å²) in [6, 6.07) is 11.1. The van der Waals surface area contributed by atoms with Gasteiger partial charge in [-0.25, -0.2) is 19.1 Å². The molecule has 14 heteroatoms. The van der Waals surface area contributed by atoms with Gasteiger partial charge in [0.15, 0.2) is 5.65 Å². The maximum atomic E-state index is 13.8. The molecule has 42 heavy (non-hydrogen) atoms. The van der Waals surface area contributed by atoms with Gasteiger partial charge in [-0.2, -0.15) is 18.3 Å². The fourth-order valence-corrected chi connectivity index (χ4v) is 5.07. The Morgan fingerprint density at radius 3 is 2.43 bits per heavy atom. The van der Waals surface area contributed by atoms with E-state index in [0.29, 0.717) is 60.7 Å². The second kappa shape index (κ2) is 12.3. The molecule has 1 aliphatic heterocycles. The predicted molar refractivity (Wildman–Crippen MR) is 153 cm³/mol. The lowest BCUT2D eigenvalue weighted by molar-refractivity contribution is -0.139. The maximum absolute atomic E-state index is 13.8. The summed E-state index contributed by atoms with van der Waals surface area (Å²) in [5, 5.41) is 7.40. The molecule has 1 aliphatic rings. The van der Waals surface area contributed by atoms with Gasteiger partial charge in [0.05, 0.1) is 34.2 Å². The minimum atomic E-state index is -4.96. The molecule has 0 spiro atoms. The zero-order valence-electron chi connectivity index (χ0n) is 22.7. The Hall–Kier alpha value is -4.23. The van der Waals surface area contributed by atoms with E-state index in [2.05, 4.69) is 37.3 Å². The summed E-state index contributed by atoms with van der Waals surface area (Å²) in [5.41, 5.74) is 1.24. The second-order valence-electron chi connectivity index (χ2n) is 9.75. The standard InChI is InChI=1S/C28H27F4N7O2.ClH/c1-18-24-25(38-12-10-37(11-13-38)16-19-6-4-3-5-7-19)23(15-33-26(24)36(2)35-18)39(17-40)27(41)34-20-8-9-22(29)21(14-20)28(30,31)32;/h3-9,14-15,17H,10-13,16H2,1-2H3,(H,34,41);1H. The van der Waals surface area contributed by atoms with Crippen LogP contribution in [0, 0.1) is 12.7 Å². The highest BCUT2D eigenvalue weighted by molar-refractivity contribution is 6.16. The maximum Gasteiger partial charge on any atom is 0.419 e. The van der Waals surface area contributed by atoms with Crippen LogP contribution in [0.5, 0.6) is 0 Å². The molecule has 0 saturated carbocycles. The molecule has 5 rings (SSSR count). The number of pyridine rings is 1. The zero-order chi connectivity index (χ0) is 29.3. The van der Waals surface area contributed by atoms with Gasteiger partial charge in [0.1, 0.15) is 5.82 Å². The predicted octanol–water partition coefficient (Wildman–Crippen LogP) is 5.37. The number of carbonyl (C=O) groups is 2. The van der Waals surface area contributed by atoms with Crippen molar-refractivity contribution in [3.8, 4) is 0 Å². The third-order valence-corrected chi connectivity index (χ3v) is 7.02. The molecular weight excluding hydrogens is 578 g/mol. The van der Waals surface area contributed by atoms with E-state index in [-0.39, 0.29) is 30.2 Å². The molecule has 1 N–H and O–H groups in total. The number of urea groups is 1. The lowest BCUT2D eigenvalue weighted by Gasteiger charge is -2.37. The molecule has 0 atom stereocenters. The van der Waals surface area contributed by atoms with Crippen molar-refractivity contribution in [1.29, 1.82) is 0 Å². The number of amides is 3. The summed E-state index contributed by atoms with van der Waals surface area (Å²) in [6.07, 6.45) is -3.32. The van der Waals surface area contributed by atoms with Gasteiger partial charge in [0.25, 0.3) is 0 Å². The fraction of sp³-hybridized carbons (Fsp3) is 0.286. The molecule has 0 unspecified atom stereocenters. The van der Waals surface area contributed by atoms with Crippen LogP contribution in [0.25, 0.3) is 11.0 Å². The smallest absolute Gasteiger partial charge is 0.367 e. The molecule has 2 aromatic heterocycles. The van der Waals surface area contributed by atoms with Gasteiger partial charge in [0, 0.05) is 45.5 Å². The van der Waals surface area contributed by atoms with Crippen molar-refractivity contribution < 1.29 is 27.2 Å². The van der Waals surface area contributed by atoms with Crippen LogP contribution in [0.15, 0.2) is 54.7 Å². The van der Waals surface area contributed by atoms with Crippen LogP contribution in [0.2, 0.25) is 0 Å². The molecule has 0 radical (unpaired) electrons.